The Bertz CT molecular complexity index is 617. The van der Waals surface area contributed by atoms with Crippen LogP contribution in [0.2, 0.25) is 5.02 Å². The molecule has 1 saturated heterocycles. The molecule has 1 amide bonds. The van der Waals surface area contributed by atoms with Crippen LogP contribution in [-0.2, 0) is 4.79 Å². The maximum absolute atomic E-state index is 12.7. The lowest BCUT2D eigenvalue weighted by molar-refractivity contribution is -0.135. The molecule has 1 heterocycles. The van der Waals surface area contributed by atoms with Gasteiger partial charge in [-0.2, -0.15) is 0 Å². The summed E-state index contributed by atoms with van der Waals surface area (Å²) in [6.45, 7) is 8.28. The van der Waals surface area contributed by atoms with Crippen LogP contribution >= 0.6 is 11.6 Å². The zero-order chi connectivity index (χ0) is 19.9. The average Bonchev–Trinajstić information content (AvgIpc) is 2.70. The van der Waals surface area contributed by atoms with Crippen molar-refractivity contribution < 1.29 is 9.53 Å². The van der Waals surface area contributed by atoms with E-state index in [1.807, 2.05) is 36.2 Å². The molecule has 2 unspecified atom stereocenters. The number of halogens is 1. The van der Waals surface area contributed by atoms with Gasteiger partial charge in [0.1, 0.15) is 12.4 Å². The first kappa shape index (κ1) is 21.4. The Kier molecular flexibility index (Phi) is 8.00. The van der Waals surface area contributed by atoms with Crippen LogP contribution in [0.3, 0.4) is 0 Å². The summed E-state index contributed by atoms with van der Waals surface area (Å²) in [5.41, 5.74) is 0. The van der Waals surface area contributed by atoms with Gasteiger partial charge in [0.25, 0.3) is 0 Å². The molecule has 1 aliphatic heterocycles. The maximum Gasteiger partial charge on any atom is 0.236 e. The second-order valence-electron chi connectivity index (χ2n) is 8.25. The highest BCUT2D eigenvalue weighted by Gasteiger charge is 2.29. The van der Waals surface area contributed by atoms with Gasteiger partial charge >= 0.3 is 0 Å². The molecule has 1 aromatic carbocycles. The number of rotatable bonds is 7. The van der Waals surface area contributed by atoms with Gasteiger partial charge in [-0.1, -0.05) is 31.4 Å². The molecule has 156 valence electrons. The zero-order valence-corrected chi connectivity index (χ0v) is 18.0. The highest BCUT2D eigenvalue weighted by atomic mass is 35.5. The van der Waals surface area contributed by atoms with Crippen LogP contribution in [0.15, 0.2) is 24.3 Å². The number of ether oxygens (including phenoxy) is 1. The second-order valence-corrected chi connectivity index (χ2v) is 8.69. The minimum absolute atomic E-state index is 0.276. The summed E-state index contributed by atoms with van der Waals surface area (Å²) in [6, 6.07) is 7.91. The Labute approximate surface area is 174 Å². The number of amides is 1. The second kappa shape index (κ2) is 10.5. The van der Waals surface area contributed by atoms with E-state index < -0.39 is 0 Å². The molecule has 6 heteroatoms. The molecule has 0 bridgehead atoms. The molecule has 2 atom stereocenters. The van der Waals surface area contributed by atoms with Crippen molar-refractivity contribution in [2.24, 2.45) is 5.92 Å². The van der Waals surface area contributed by atoms with E-state index in [0.29, 0.717) is 25.1 Å². The average molecular weight is 408 g/mol. The van der Waals surface area contributed by atoms with E-state index in [4.69, 9.17) is 16.3 Å². The number of carbonyl (C=O) groups excluding carboxylic acids is 1. The van der Waals surface area contributed by atoms with E-state index in [2.05, 4.69) is 16.7 Å². The van der Waals surface area contributed by atoms with E-state index in [9.17, 15) is 4.79 Å². The van der Waals surface area contributed by atoms with Gasteiger partial charge in [-0.3, -0.25) is 14.6 Å². The Morgan fingerprint density at radius 3 is 2.43 bits per heavy atom. The highest BCUT2D eigenvalue weighted by Crippen LogP contribution is 2.27. The summed E-state index contributed by atoms with van der Waals surface area (Å²) < 4.78 is 5.79. The molecule has 1 aromatic rings. The third-order valence-electron chi connectivity index (χ3n) is 6.27. The Morgan fingerprint density at radius 1 is 1.11 bits per heavy atom. The number of piperazine rings is 1. The molecule has 3 rings (SSSR count). The van der Waals surface area contributed by atoms with E-state index in [1.165, 1.54) is 19.3 Å². The smallest absolute Gasteiger partial charge is 0.236 e. The van der Waals surface area contributed by atoms with E-state index in [1.54, 1.807) is 0 Å². The molecule has 2 fully saturated rings. The summed E-state index contributed by atoms with van der Waals surface area (Å²) in [5.74, 6) is 1.76. The van der Waals surface area contributed by atoms with Gasteiger partial charge < -0.3 is 9.64 Å². The van der Waals surface area contributed by atoms with E-state index >= 15 is 0 Å². The molecule has 5 nitrogen and oxygen atoms in total. The summed E-state index contributed by atoms with van der Waals surface area (Å²) in [5, 5.41) is 0.724. The number of benzene rings is 1. The fourth-order valence-electron chi connectivity index (χ4n) is 4.35. The Morgan fingerprint density at radius 2 is 1.75 bits per heavy atom. The normalized spacial score (nSPS) is 24.1. The number of carbonyl (C=O) groups is 1. The standard InChI is InChI=1S/C22H34ClN3O2/c1-18-5-3-4-6-21(18)24(2)22(27)17-26-13-11-25(12-14-26)15-16-28-20-9-7-19(23)8-10-20/h7-10,18,21H,3-6,11-17H2,1-2H3. The van der Waals surface area contributed by atoms with Gasteiger partial charge in [0.15, 0.2) is 0 Å². The predicted molar refractivity (Wildman–Crippen MR) is 114 cm³/mol. The molecule has 0 aromatic heterocycles. The summed E-state index contributed by atoms with van der Waals surface area (Å²) >= 11 is 5.89. The van der Waals surface area contributed by atoms with Crippen molar-refractivity contribution in [2.45, 2.75) is 38.6 Å². The molecule has 0 radical (unpaired) electrons. The molecule has 1 aliphatic carbocycles. The Balaban J connectivity index is 1.34. The van der Waals surface area contributed by atoms with Crippen LogP contribution in [0.4, 0.5) is 0 Å². The largest absolute Gasteiger partial charge is 0.492 e. The maximum atomic E-state index is 12.7. The minimum atomic E-state index is 0.276. The van der Waals surface area contributed by atoms with Crippen LogP contribution in [-0.4, -0.2) is 79.6 Å². The van der Waals surface area contributed by atoms with Crippen molar-refractivity contribution >= 4 is 17.5 Å². The van der Waals surface area contributed by atoms with Crippen LogP contribution in [0, 0.1) is 5.92 Å². The van der Waals surface area contributed by atoms with Crippen molar-refractivity contribution in [1.29, 1.82) is 0 Å². The quantitative estimate of drug-likeness (QED) is 0.694. The topological polar surface area (TPSA) is 36.0 Å². The van der Waals surface area contributed by atoms with Crippen molar-refractivity contribution in [2.75, 3.05) is 52.9 Å². The molecular weight excluding hydrogens is 374 g/mol. The SMILES string of the molecule is CC1CCCCC1N(C)C(=O)CN1CCN(CCOc2ccc(Cl)cc2)CC1. The summed E-state index contributed by atoms with van der Waals surface area (Å²) in [6.07, 6.45) is 4.97. The van der Waals surface area contributed by atoms with Gasteiger partial charge in [-0.05, 0) is 43.0 Å². The third-order valence-corrected chi connectivity index (χ3v) is 6.52. The lowest BCUT2D eigenvalue weighted by Crippen LogP contribution is -2.52. The van der Waals surface area contributed by atoms with Crippen molar-refractivity contribution in [3.05, 3.63) is 29.3 Å². The van der Waals surface area contributed by atoms with Gasteiger partial charge in [0.2, 0.25) is 5.91 Å². The van der Waals surface area contributed by atoms with Crippen molar-refractivity contribution in [3.63, 3.8) is 0 Å². The van der Waals surface area contributed by atoms with E-state index in [0.717, 1.165) is 49.9 Å². The van der Waals surface area contributed by atoms with Crippen LogP contribution in [0.25, 0.3) is 0 Å². The highest BCUT2D eigenvalue weighted by molar-refractivity contribution is 6.30. The lowest BCUT2D eigenvalue weighted by Gasteiger charge is -2.39. The van der Waals surface area contributed by atoms with Gasteiger partial charge in [0, 0.05) is 50.8 Å². The molecule has 28 heavy (non-hydrogen) atoms. The first-order chi connectivity index (χ1) is 13.5. The molecule has 2 aliphatic rings. The summed E-state index contributed by atoms with van der Waals surface area (Å²) in [7, 11) is 2.00. The first-order valence-corrected chi connectivity index (χ1v) is 11.0. The predicted octanol–water partition coefficient (Wildman–Crippen LogP) is 3.37. The molecule has 0 spiro atoms. The molecule has 1 saturated carbocycles. The molecule has 0 N–H and O–H groups in total. The van der Waals surface area contributed by atoms with E-state index in [-0.39, 0.29) is 5.91 Å². The number of hydrogen-bond acceptors (Lipinski definition) is 4. The number of nitrogens with zero attached hydrogens (tertiary/aromatic N) is 3. The third kappa shape index (κ3) is 6.10. The van der Waals surface area contributed by atoms with Crippen molar-refractivity contribution in [1.82, 2.24) is 14.7 Å². The van der Waals surface area contributed by atoms with Crippen molar-refractivity contribution in [3.8, 4) is 5.75 Å². The van der Waals surface area contributed by atoms with Gasteiger partial charge in [0.05, 0.1) is 6.54 Å². The Hall–Kier alpha value is -1.30. The van der Waals surface area contributed by atoms with Gasteiger partial charge in [-0.25, -0.2) is 0 Å². The monoisotopic (exact) mass is 407 g/mol. The fourth-order valence-corrected chi connectivity index (χ4v) is 4.48. The van der Waals surface area contributed by atoms with Crippen LogP contribution in [0.5, 0.6) is 5.75 Å². The lowest BCUT2D eigenvalue weighted by atomic mass is 9.85. The number of hydrogen-bond donors (Lipinski definition) is 0. The molecular formula is C22H34ClN3O2. The summed E-state index contributed by atoms with van der Waals surface area (Å²) in [4.78, 5) is 19.5. The van der Waals surface area contributed by atoms with Gasteiger partial charge in [-0.15, -0.1) is 0 Å². The minimum Gasteiger partial charge on any atom is -0.492 e. The fraction of sp³-hybridized carbons (Fsp3) is 0.682. The van der Waals surface area contributed by atoms with Crippen LogP contribution in [0.1, 0.15) is 32.6 Å². The first-order valence-electron chi connectivity index (χ1n) is 10.6. The van der Waals surface area contributed by atoms with Crippen LogP contribution < -0.4 is 4.74 Å². The number of likely N-dealkylation sites (N-methyl/N-ethyl adjacent to an activating group) is 1. The zero-order valence-electron chi connectivity index (χ0n) is 17.3.